The molecule has 0 saturated carbocycles. The van der Waals surface area contributed by atoms with Crippen molar-refractivity contribution in [3.05, 3.63) is 51.5 Å². The van der Waals surface area contributed by atoms with Crippen LogP contribution in [0.3, 0.4) is 0 Å². The molecule has 128 valence electrons. The van der Waals surface area contributed by atoms with Gasteiger partial charge < -0.3 is 9.88 Å². The number of amides is 1. The lowest BCUT2D eigenvalue weighted by Crippen LogP contribution is -2.30. The number of fused-ring (bicyclic) bond motifs is 2. The molecule has 1 N–H and O–H groups in total. The molecular formula is C20H21N3OS. The summed E-state index contributed by atoms with van der Waals surface area (Å²) in [6.07, 6.45) is 6.80. The monoisotopic (exact) mass is 351 g/mol. The van der Waals surface area contributed by atoms with Crippen molar-refractivity contribution >= 4 is 28.3 Å². The molecule has 1 unspecified atom stereocenters. The second kappa shape index (κ2) is 5.99. The van der Waals surface area contributed by atoms with Gasteiger partial charge in [0.2, 0.25) is 0 Å². The molecule has 1 aromatic carbocycles. The van der Waals surface area contributed by atoms with Gasteiger partial charge in [-0.15, -0.1) is 11.3 Å². The molecule has 1 aliphatic heterocycles. The average Bonchev–Trinajstić information content (AvgIpc) is 3.36. The predicted molar refractivity (Wildman–Crippen MR) is 100 cm³/mol. The number of hydrogen-bond acceptors (Lipinski definition) is 3. The first-order chi connectivity index (χ1) is 12.3. The normalized spacial score (nSPS) is 20.2. The molecular weight excluding hydrogens is 330 g/mol. The van der Waals surface area contributed by atoms with E-state index in [0.717, 1.165) is 54.0 Å². The quantitative estimate of drug-likeness (QED) is 0.740. The molecule has 25 heavy (non-hydrogen) atoms. The molecule has 1 saturated heterocycles. The molecule has 1 fully saturated rings. The summed E-state index contributed by atoms with van der Waals surface area (Å²) in [5.41, 5.74) is 3.42. The van der Waals surface area contributed by atoms with E-state index < -0.39 is 0 Å². The van der Waals surface area contributed by atoms with Gasteiger partial charge in [-0.2, -0.15) is 0 Å². The minimum absolute atomic E-state index is 0.0685. The molecule has 3 heterocycles. The van der Waals surface area contributed by atoms with Crippen LogP contribution in [-0.2, 0) is 12.8 Å². The van der Waals surface area contributed by atoms with Crippen LogP contribution in [0.4, 0.5) is 0 Å². The van der Waals surface area contributed by atoms with Gasteiger partial charge in [0, 0.05) is 11.4 Å². The lowest BCUT2D eigenvalue weighted by molar-refractivity contribution is 0.0735. The highest BCUT2D eigenvalue weighted by Crippen LogP contribution is 2.36. The average molecular weight is 351 g/mol. The number of thiophene rings is 1. The summed E-state index contributed by atoms with van der Waals surface area (Å²) in [6, 6.07) is 10.3. The lowest BCUT2D eigenvalue weighted by Gasteiger charge is -2.22. The highest BCUT2D eigenvalue weighted by atomic mass is 32.1. The number of aromatic amines is 1. The van der Waals surface area contributed by atoms with Crippen molar-refractivity contribution in [2.75, 3.05) is 6.54 Å². The van der Waals surface area contributed by atoms with E-state index in [-0.39, 0.29) is 11.9 Å². The summed E-state index contributed by atoms with van der Waals surface area (Å²) in [6.45, 7) is 0.823. The molecule has 4 nitrogen and oxygen atoms in total. The number of imidazole rings is 1. The van der Waals surface area contributed by atoms with E-state index in [1.54, 1.807) is 11.3 Å². The Bertz CT molecular complexity index is 885. The standard InChI is InChI=1S/C20H21N3OS/c24-20(18-12-13-6-1-4-10-17(13)25-18)23-11-5-9-16(23)19-21-14-7-2-3-8-15(14)22-19/h2-3,7-8,12,16H,1,4-6,9-11H2,(H,21,22). The number of benzene rings is 1. The maximum absolute atomic E-state index is 13.2. The summed E-state index contributed by atoms with van der Waals surface area (Å²) < 4.78 is 0. The fraction of sp³-hybridized carbons (Fsp3) is 0.400. The molecule has 1 atom stereocenters. The van der Waals surface area contributed by atoms with Gasteiger partial charge in [0.1, 0.15) is 5.82 Å². The zero-order valence-corrected chi connectivity index (χ0v) is 14.9. The number of aryl methyl sites for hydroxylation is 2. The van der Waals surface area contributed by atoms with Crippen LogP contribution in [0.1, 0.15) is 57.7 Å². The van der Waals surface area contributed by atoms with E-state index >= 15 is 0 Å². The van der Waals surface area contributed by atoms with E-state index in [1.165, 1.54) is 23.3 Å². The minimum atomic E-state index is 0.0685. The summed E-state index contributed by atoms with van der Waals surface area (Å²) in [4.78, 5) is 25.7. The fourth-order valence-electron chi connectivity index (χ4n) is 4.16. The van der Waals surface area contributed by atoms with E-state index in [2.05, 4.69) is 11.1 Å². The second-order valence-corrected chi connectivity index (χ2v) is 8.20. The molecule has 0 bridgehead atoms. The van der Waals surface area contributed by atoms with Crippen LogP contribution in [0.2, 0.25) is 0 Å². The molecule has 0 spiro atoms. The van der Waals surface area contributed by atoms with E-state index in [4.69, 9.17) is 4.98 Å². The largest absolute Gasteiger partial charge is 0.340 e. The molecule has 0 radical (unpaired) electrons. The number of carbonyl (C=O) groups is 1. The van der Waals surface area contributed by atoms with Crippen LogP contribution in [0, 0.1) is 0 Å². The third-order valence-electron chi connectivity index (χ3n) is 5.44. The van der Waals surface area contributed by atoms with Crippen LogP contribution in [0.5, 0.6) is 0 Å². The van der Waals surface area contributed by atoms with Crippen LogP contribution >= 0.6 is 11.3 Å². The number of carbonyl (C=O) groups excluding carboxylic acids is 1. The van der Waals surface area contributed by atoms with Gasteiger partial charge in [0.25, 0.3) is 5.91 Å². The maximum atomic E-state index is 13.2. The van der Waals surface area contributed by atoms with Crippen molar-refractivity contribution in [2.45, 2.75) is 44.6 Å². The van der Waals surface area contributed by atoms with Crippen molar-refractivity contribution in [1.82, 2.24) is 14.9 Å². The maximum Gasteiger partial charge on any atom is 0.264 e. The van der Waals surface area contributed by atoms with Crippen molar-refractivity contribution in [2.24, 2.45) is 0 Å². The third-order valence-corrected chi connectivity index (χ3v) is 6.67. The Labute approximate surface area is 150 Å². The Morgan fingerprint density at radius 1 is 1.20 bits per heavy atom. The number of rotatable bonds is 2. The zero-order valence-electron chi connectivity index (χ0n) is 14.1. The number of H-pyrrole nitrogens is 1. The highest BCUT2D eigenvalue weighted by Gasteiger charge is 2.33. The summed E-state index contributed by atoms with van der Waals surface area (Å²) in [5, 5.41) is 0. The highest BCUT2D eigenvalue weighted by molar-refractivity contribution is 7.14. The lowest BCUT2D eigenvalue weighted by atomic mass is 9.99. The zero-order chi connectivity index (χ0) is 16.8. The summed E-state index contributed by atoms with van der Waals surface area (Å²) in [7, 11) is 0. The Morgan fingerprint density at radius 2 is 2.08 bits per heavy atom. The van der Waals surface area contributed by atoms with Crippen LogP contribution in [-0.4, -0.2) is 27.3 Å². The Morgan fingerprint density at radius 3 is 2.96 bits per heavy atom. The first-order valence-corrected chi connectivity index (χ1v) is 9.98. The minimum Gasteiger partial charge on any atom is -0.340 e. The van der Waals surface area contributed by atoms with Crippen LogP contribution < -0.4 is 0 Å². The number of hydrogen-bond donors (Lipinski definition) is 1. The molecule has 2 aromatic heterocycles. The van der Waals surface area contributed by atoms with Gasteiger partial charge >= 0.3 is 0 Å². The van der Waals surface area contributed by atoms with Crippen molar-refractivity contribution in [1.29, 1.82) is 0 Å². The number of nitrogens with one attached hydrogen (secondary N) is 1. The Kier molecular flexibility index (Phi) is 3.63. The van der Waals surface area contributed by atoms with Gasteiger partial charge in [0.05, 0.1) is 22.0 Å². The Hall–Kier alpha value is -2.14. The van der Waals surface area contributed by atoms with E-state index in [1.807, 2.05) is 29.2 Å². The summed E-state index contributed by atoms with van der Waals surface area (Å²) >= 11 is 1.71. The number of para-hydroxylation sites is 2. The first-order valence-electron chi connectivity index (χ1n) is 9.17. The molecule has 5 heteroatoms. The van der Waals surface area contributed by atoms with Crippen molar-refractivity contribution in [3.63, 3.8) is 0 Å². The van der Waals surface area contributed by atoms with E-state index in [9.17, 15) is 4.79 Å². The van der Waals surface area contributed by atoms with Crippen molar-refractivity contribution < 1.29 is 4.79 Å². The smallest absolute Gasteiger partial charge is 0.264 e. The SMILES string of the molecule is O=C(c1cc2c(s1)CCCC2)N1CCCC1c1nc2ccccc2[nH]1. The first kappa shape index (κ1) is 15.1. The summed E-state index contributed by atoms with van der Waals surface area (Å²) in [5.74, 6) is 1.11. The topological polar surface area (TPSA) is 49.0 Å². The fourth-order valence-corrected chi connectivity index (χ4v) is 5.37. The Balaban J connectivity index is 1.45. The van der Waals surface area contributed by atoms with Gasteiger partial charge in [-0.3, -0.25) is 4.79 Å². The molecule has 3 aromatic rings. The predicted octanol–water partition coefficient (Wildman–Crippen LogP) is 4.48. The number of aromatic nitrogens is 2. The number of nitrogens with zero attached hydrogens (tertiary/aromatic N) is 2. The van der Waals surface area contributed by atoms with Gasteiger partial charge in [-0.1, -0.05) is 12.1 Å². The van der Waals surface area contributed by atoms with Gasteiger partial charge in [-0.05, 0) is 62.3 Å². The van der Waals surface area contributed by atoms with Crippen molar-refractivity contribution in [3.8, 4) is 0 Å². The van der Waals surface area contributed by atoms with Gasteiger partial charge in [-0.25, -0.2) is 4.98 Å². The van der Waals surface area contributed by atoms with Gasteiger partial charge in [0.15, 0.2) is 0 Å². The second-order valence-electron chi connectivity index (χ2n) is 7.06. The third kappa shape index (κ3) is 2.58. The van der Waals surface area contributed by atoms with Crippen LogP contribution in [0.15, 0.2) is 30.3 Å². The van der Waals surface area contributed by atoms with E-state index in [0.29, 0.717) is 0 Å². The van der Waals surface area contributed by atoms with Crippen LogP contribution in [0.25, 0.3) is 11.0 Å². The number of likely N-dealkylation sites (tertiary alicyclic amines) is 1. The molecule has 1 aliphatic carbocycles. The molecule has 2 aliphatic rings. The molecule has 1 amide bonds. The molecule has 5 rings (SSSR count).